The molecule has 0 spiro atoms. The smallest absolute Gasteiger partial charge is 0.0968 e. The lowest BCUT2D eigenvalue weighted by Gasteiger charge is -2.05. The van der Waals surface area contributed by atoms with Crippen molar-refractivity contribution in [2.45, 2.75) is 12.5 Å². The predicted molar refractivity (Wildman–Crippen MR) is 39.8 cm³/mol. The van der Waals surface area contributed by atoms with Crippen LogP contribution in [0, 0.1) is 0 Å². The minimum atomic E-state index is -1.18. The molecule has 0 heterocycles. The quantitative estimate of drug-likeness (QED) is 0.422. The van der Waals surface area contributed by atoms with Gasteiger partial charge in [0.05, 0.1) is 8.80 Å². The van der Waals surface area contributed by atoms with Crippen molar-refractivity contribution in [1.29, 1.82) is 0 Å². The first-order valence-corrected chi connectivity index (χ1v) is 5.71. The molecule has 0 bridgehead atoms. The first kappa shape index (κ1) is 9.10. The number of nitrogens with two attached hydrogens (primary N) is 1. The molecule has 0 fully saturated rings. The van der Waals surface area contributed by atoms with Gasteiger partial charge in [-0.25, -0.2) is 0 Å². The molecule has 0 aliphatic heterocycles. The number of rotatable bonds is 5. The zero-order chi connectivity index (χ0) is 7.11. The van der Waals surface area contributed by atoms with Gasteiger partial charge in [-0.05, 0) is 13.0 Å². The summed E-state index contributed by atoms with van der Waals surface area (Å²) in [5, 5.41) is 17.2. The van der Waals surface area contributed by atoms with Crippen molar-refractivity contribution in [1.82, 2.24) is 0 Å². The number of aliphatic hydroxyl groups excluding tert-OH is 2. The van der Waals surface area contributed by atoms with Crippen molar-refractivity contribution in [2.24, 2.45) is 5.73 Å². The highest BCUT2D eigenvalue weighted by atomic mass is 28.3. The van der Waals surface area contributed by atoms with Gasteiger partial charge < -0.3 is 15.9 Å². The molecule has 56 valence electrons. The van der Waals surface area contributed by atoms with Crippen LogP contribution in [0.15, 0.2) is 0 Å². The molecule has 0 radical (unpaired) electrons. The maximum atomic E-state index is 8.61. The van der Waals surface area contributed by atoms with E-state index in [4.69, 9.17) is 15.9 Å². The summed E-state index contributed by atoms with van der Waals surface area (Å²) in [5.74, 6) is 0. The van der Waals surface area contributed by atoms with Crippen molar-refractivity contribution >= 4 is 8.80 Å². The van der Waals surface area contributed by atoms with Crippen LogP contribution in [0.1, 0.15) is 6.42 Å². The summed E-state index contributed by atoms with van der Waals surface area (Å²) >= 11 is 0. The molecule has 0 aliphatic carbocycles. The lowest BCUT2D eigenvalue weighted by Crippen LogP contribution is -2.24. The average molecular weight is 149 g/mol. The Kier molecular flexibility index (Phi) is 6.29. The van der Waals surface area contributed by atoms with Crippen molar-refractivity contribution < 1.29 is 10.2 Å². The summed E-state index contributed by atoms with van der Waals surface area (Å²) in [6, 6.07) is 0.962. The zero-order valence-electron chi connectivity index (χ0n) is 5.58. The Morgan fingerprint density at radius 3 is 2.11 bits per heavy atom. The van der Waals surface area contributed by atoms with E-state index < -0.39 is 8.80 Å². The third-order valence-electron chi connectivity index (χ3n) is 1.33. The molecule has 9 heavy (non-hydrogen) atoms. The Morgan fingerprint density at radius 1 is 1.22 bits per heavy atom. The van der Waals surface area contributed by atoms with Gasteiger partial charge in [0, 0.05) is 12.5 Å². The molecule has 0 saturated carbocycles. The van der Waals surface area contributed by atoms with E-state index in [2.05, 4.69) is 0 Å². The normalized spacial score (nSPS) is 10.7. The van der Waals surface area contributed by atoms with Gasteiger partial charge in [0.25, 0.3) is 0 Å². The van der Waals surface area contributed by atoms with E-state index in [-0.39, 0.29) is 12.5 Å². The van der Waals surface area contributed by atoms with Crippen LogP contribution < -0.4 is 5.73 Å². The number of aliphatic hydroxyl groups is 2. The third kappa shape index (κ3) is 4.59. The van der Waals surface area contributed by atoms with Gasteiger partial charge >= 0.3 is 0 Å². The first-order valence-electron chi connectivity index (χ1n) is 3.27. The molecule has 0 saturated heterocycles. The van der Waals surface area contributed by atoms with Crippen LogP contribution in [0.4, 0.5) is 0 Å². The highest BCUT2D eigenvalue weighted by molar-refractivity contribution is 6.58. The molecule has 0 aliphatic rings. The fourth-order valence-electron chi connectivity index (χ4n) is 0.647. The molecule has 0 unspecified atom stereocenters. The summed E-state index contributed by atoms with van der Waals surface area (Å²) in [7, 11) is -1.18. The van der Waals surface area contributed by atoms with Crippen LogP contribution in [0.5, 0.6) is 0 Å². The van der Waals surface area contributed by atoms with Crippen LogP contribution in [-0.2, 0) is 0 Å². The van der Waals surface area contributed by atoms with Crippen LogP contribution in [0.3, 0.4) is 0 Å². The SMILES string of the molecule is NCCC[SiH](CO)CO. The van der Waals surface area contributed by atoms with Crippen LogP contribution in [0.25, 0.3) is 0 Å². The maximum absolute atomic E-state index is 8.61. The lowest BCUT2D eigenvalue weighted by atomic mass is 10.5. The summed E-state index contributed by atoms with van der Waals surface area (Å²) in [4.78, 5) is 0. The maximum Gasteiger partial charge on any atom is 0.0968 e. The molecule has 3 nitrogen and oxygen atoms in total. The van der Waals surface area contributed by atoms with E-state index in [1.165, 1.54) is 0 Å². The van der Waals surface area contributed by atoms with Crippen molar-refractivity contribution in [3.8, 4) is 0 Å². The highest BCUT2D eigenvalue weighted by Crippen LogP contribution is 1.93. The Labute approximate surface area is 57.1 Å². The molecule has 4 heteroatoms. The van der Waals surface area contributed by atoms with E-state index in [1.54, 1.807) is 0 Å². The molecule has 0 atom stereocenters. The van der Waals surface area contributed by atoms with Crippen molar-refractivity contribution in [3.05, 3.63) is 0 Å². The van der Waals surface area contributed by atoms with Gasteiger partial charge in [-0.1, -0.05) is 6.04 Å². The third-order valence-corrected chi connectivity index (χ3v) is 3.59. The van der Waals surface area contributed by atoms with Crippen molar-refractivity contribution in [2.75, 3.05) is 19.0 Å². The van der Waals surface area contributed by atoms with Crippen molar-refractivity contribution in [3.63, 3.8) is 0 Å². The number of hydrogen-bond donors (Lipinski definition) is 3. The molecule has 0 rings (SSSR count). The van der Waals surface area contributed by atoms with Crippen LogP contribution in [-0.4, -0.2) is 38.0 Å². The fraction of sp³-hybridized carbons (Fsp3) is 1.00. The second kappa shape index (κ2) is 6.22. The van der Waals surface area contributed by atoms with Gasteiger partial charge in [-0.3, -0.25) is 0 Å². The van der Waals surface area contributed by atoms with E-state index in [0.29, 0.717) is 6.54 Å². The Morgan fingerprint density at radius 2 is 1.78 bits per heavy atom. The van der Waals surface area contributed by atoms with E-state index in [0.717, 1.165) is 12.5 Å². The summed E-state index contributed by atoms with van der Waals surface area (Å²) < 4.78 is 0. The van der Waals surface area contributed by atoms with Gasteiger partial charge in [0.1, 0.15) is 0 Å². The molecule has 0 amide bonds. The predicted octanol–water partition coefficient (Wildman–Crippen LogP) is -1.37. The first-order chi connectivity index (χ1) is 4.35. The molecule has 0 aromatic carbocycles. The van der Waals surface area contributed by atoms with Crippen LogP contribution >= 0.6 is 0 Å². The Balaban J connectivity index is 3.09. The second-order valence-electron chi connectivity index (χ2n) is 2.16. The lowest BCUT2D eigenvalue weighted by molar-refractivity contribution is 0.328. The minimum Gasteiger partial charge on any atom is -0.400 e. The van der Waals surface area contributed by atoms with E-state index >= 15 is 0 Å². The summed E-state index contributed by atoms with van der Waals surface area (Å²) in [5.41, 5.74) is 5.25. The Hall–Kier alpha value is 0.0969. The minimum absolute atomic E-state index is 0.205. The molecule has 4 N–H and O–H groups in total. The fourth-order valence-corrected chi connectivity index (χ4v) is 1.94. The van der Waals surface area contributed by atoms with Gasteiger partial charge in [-0.2, -0.15) is 0 Å². The topological polar surface area (TPSA) is 66.5 Å². The highest BCUT2D eigenvalue weighted by Gasteiger charge is 2.05. The van der Waals surface area contributed by atoms with Gasteiger partial charge in [0.15, 0.2) is 0 Å². The van der Waals surface area contributed by atoms with E-state index in [9.17, 15) is 0 Å². The van der Waals surface area contributed by atoms with Gasteiger partial charge in [-0.15, -0.1) is 0 Å². The second-order valence-corrected chi connectivity index (χ2v) is 5.20. The standard InChI is InChI=1S/C5H15NO2Si/c6-2-1-3-9(4-7)5-8/h7-9H,1-6H2. The number of hydrogen-bond acceptors (Lipinski definition) is 3. The molecular weight excluding hydrogens is 134 g/mol. The Bertz CT molecular complexity index is 58.9. The van der Waals surface area contributed by atoms with E-state index in [1.807, 2.05) is 0 Å². The monoisotopic (exact) mass is 149 g/mol. The average Bonchev–Trinajstić information content (AvgIpc) is 1.91. The molecule has 0 aromatic heterocycles. The largest absolute Gasteiger partial charge is 0.400 e. The van der Waals surface area contributed by atoms with Crippen LogP contribution in [0.2, 0.25) is 6.04 Å². The molecular formula is C5H15NO2Si. The molecule has 0 aromatic rings. The summed E-state index contributed by atoms with van der Waals surface area (Å²) in [6.45, 7) is 0.670. The van der Waals surface area contributed by atoms with Gasteiger partial charge in [0.2, 0.25) is 0 Å². The zero-order valence-corrected chi connectivity index (χ0v) is 6.74. The summed E-state index contributed by atoms with van der Waals surface area (Å²) in [6.07, 6.45) is 1.35.